The summed E-state index contributed by atoms with van der Waals surface area (Å²) in [4.78, 5) is 51.4. The molecular weight excluding hydrogens is 1340 g/mol. The number of carbonyl (C=O) groups excluding carboxylic acids is 3. The lowest BCUT2D eigenvalue weighted by molar-refractivity contribution is -0.401. The largest absolute Gasteiger partial charge is 0.493 e. The first kappa shape index (κ1) is 73.5. The third-order valence-electron chi connectivity index (χ3n) is 19.9. The van der Waals surface area contributed by atoms with Crippen LogP contribution in [0.15, 0.2) is 173 Å². The highest BCUT2D eigenvalue weighted by Crippen LogP contribution is 2.49. The van der Waals surface area contributed by atoms with Crippen molar-refractivity contribution in [2.45, 2.75) is 105 Å². The first-order chi connectivity index (χ1) is 48.0. The van der Waals surface area contributed by atoms with Gasteiger partial charge in [0.05, 0.1) is 58.5 Å². The van der Waals surface area contributed by atoms with E-state index in [0.29, 0.717) is 95.5 Å². The lowest BCUT2D eigenvalue weighted by Gasteiger charge is -2.40. The molecule has 11 rings (SSSR count). The summed E-state index contributed by atoms with van der Waals surface area (Å²) in [6, 6.07) is 27.9. The van der Waals surface area contributed by atoms with Gasteiger partial charge in [0.15, 0.2) is 5.71 Å². The highest BCUT2D eigenvalue weighted by Gasteiger charge is 2.45. The molecule has 5 aromatic carbocycles. The van der Waals surface area contributed by atoms with Crippen LogP contribution < -0.4 is 25.2 Å². The van der Waals surface area contributed by atoms with Crippen molar-refractivity contribution in [2.75, 3.05) is 114 Å². The van der Waals surface area contributed by atoms with Crippen molar-refractivity contribution < 1.29 is 67.5 Å². The van der Waals surface area contributed by atoms with Gasteiger partial charge in [-0.05, 0) is 130 Å². The molecule has 1 aromatic heterocycles. The van der Waals surface area contributed by atoms with Gasteiger partial charge >= 0.3 is 6.18 Å². The minimum atomic E-state index is -4.65. The van der Waals surface area contributed by atoms with E-state index in [9.17, 15) is 53.5 Å². The number of piperazine rings is 1. The second-order valence-corrected chi connectivity index (χ2v) is 30.1. The topological polar surface area (TPSA) is 239 Å². The van der Waals surface area contributed by atoms with E-state index in [1.165, 1.54) is 36.4 Å². The number of allylic oxidation sites excluding steroid dienone is 6. The number of carbonyl (C=O) groups is 3. The third-order valence-corrected chi connectivity index (χ3v) is 21.6. The van der Waals surface area contributed by atoms with Crippen molar-refractivity contribution in [2.24, 2.45) is 0 Å². The maximum Gasteiger partial charge on any atom is 0.416 e. The number of morpholine rings is 1. The van der Waals surface area contributed by atoms with E-state index < -0.39 is 60.7 Å². The molecule has 101 heavy (non-hydrogen) atoms. The molecule has 6 aromatic rings. The van der Waals surface area contributed by atoms with E-state index in [0.717, 1.165) is 108 Å². The molecule has 2 atom stereocenters. The summed E-state index contributed by atoms with van der Waals surface area (Å²) in [6.07, 6.45) is 10.2. The number of aromatic nitrogens is 2. The number of nitrogens with zero attached hydrogens (tertiary/aromatic N) is 8. The first-order valence-corrected chi connectivity index (χ1v) is 37.0. The van der Waals surface area contributed by atoms with Crippen molar-refractivity contribution >= 4 is 66.5 Å². The van der Waals surface area contributed by atoms with Gasteiger partial charge < -0.3 is 34.8 Å². The molecule has 21 nitrogen and oxygen atoms in total. The van der Waals surface area contributed by atoms with Crippen molar-refractivity contribution in [3.05, 3.63) is 197 Å². The Labute approximate surface area is 588 Å². The molecule has 0 radical (unpaired) electrons. The molecular formula is C75H88F3N10O11S2+. The second-order valence-electron chi connectivity index (χ2n) is 27.3. The average molecular weight is 1430 g/mol. The SMILES string of the molecule is C=C(CN1CCOCC1)C(=O)Nc1cccc([C@@H]2c3cnn(-c4cccc(OCCCN5CCN(C(=O)CCCCCN6/C(=C/C=C/C=C/C7=[N+](C)c8ccc(S(=O)(=O)O)cc8C7(C)C)C(C)(C)c7cc(S(=O)(=O)O)ccc76)CC5)c4)c3N(CC)C[C@H]2NC(=O)c2cccc(C(F)(F)F)c2)c1. The Balaban J connectivity index is 0.679. The molecule has 5 aliphatic heterocycles. The normalized spacial score (nSPS) is 19.1. The van der Waals surface area contributed by atoms with Gasteiger partial charge in [0, 0.05) is 147 Å². The summed E-state index contributed by atoms with van der Waals surface area (Å²) in [7, 11) is -6.95. The van der Waals surface area contributed by atoms with Gasteiger partial charge in [-0.2, -0.15) is 39.7 Å². The molecule has 0 spiro atoms. The number of hydrogen-bond acceptors (Lipinski definition) is 14. The monoisotopic (exact) mass is 1430 g/mol. The summed E-state index contributed by atoms with van der Waals surface area (Å²) >= 11 is 0. The number of fused-ring (bicyclic) bond motifs is 3. The van der Waals surface area contributed by atoms with Crippen LogP contribution in [-0.4, -0.2) is 183 Å². The molecule has 2 saturated heterocycles. The van der Waals surface area contributed by atoms with Crippen LogP contribution in [0.4, 0.5) is 36.1 Å². The number of hydrogen-bond donors (Lipinski definition) is 4. The number of halogens is 3. The zero-order valence-electron chi connectivity index (χ0n) is 57.8. The van der Waals surface area contributed by atoms with Crippen molar-refractivity contribution in [1.29, 1.82) is 0 Å². The molecule has 4 N–H and O–H groups in total. The average Bonchev–Trinajstić information content (AvgIpc) is 1.20. The Hall–Kier alpha value is -8.76. The van der Waals surface area contributed by atoms with E-state index in [-0.39, 0.29) is 33.7 Å². The standard InChI is InChI=1S/C75H87F3N10O11S2/c1-8-85-50-63(81-71(91)53-20-15-21-54(43-53)75(76,77)78)69(52-19-16-22-55(44-52)80-70(90)51(2)49-84-38-41-98-42-39-84)60-48-79-88(72(60)85)56-23-17-24-57(45-56)99-40-18-32-83-34-36-86(37-35-83)68(89)27-13-10-14-33-87-65-31-29-59(101(95,96)97)47-62(65)74(5,6)67(87)26-12-9-11-25-66-73(3,4)61-46-58(100(92,93)94)28-30-64(61)82(66)7/h9,11-12,15-17,19-26,28-31,43-48,63,69H,2,8,10,13-14,18,27,32-42,49-50H2,1,3-7H3,(H3-,80,81,90,91,92,93,94,95,96,97)/p+1/t63-,69-/m1/s1. The molecule has 3 amide bonds. The number of alkyl halides is 3. The molecule has 5 aliphatic rings. The minimum absolute atomic E-state index is 0.114. The zero-order chi connectivity index (χ0) is 72.2. The van der Waals surface area contributed by atoms with Gasteiger partial charge in [-0.25, -0.2) is 4.68 Å². The lowest BCUT2D eigenvalue weighted by Crippen LogP contribution is -2.51. The van der Waals surface area contributed by atoms with Crippen LogP contribution in [0.2, 0.25) is 0 Å². The van der Waals surface area contributed by atoms with E-state index in [4.69, 9.17) is 14.6 Å². The highest BCUT2D eigenvalue weighted by atomic mass is 32.2. The summed E-state index contributed by atoms with van der Waals surface area (Å²) in [5, 5.41) is 11.0. The van der Waals surface area contributed by atoms with Crippen LogP contribution in [0.25, 0.3) is 5.69 Å². The number of unbranched alkanes of at least 4 members (excludes halogenated alkanes) is 2. The molecule has 6 heterocycles. The van der Waals surface area contributed by atoms with Gasteiger partial charge in [0.2, 0.25) is 11.6 Å². The number of nitrogens with one attached hydrogen (secondary N) is 2. The Kier molecular flexibility index (Phi) is 22.1. The fourth-order valence-corrected chi connectivity index (χ4v) is 15.5. The number of rotatable bonds is 25. The predicted molar refractivity (Wildman–Crippen MR) is 382 cm³/mol. The van der Waals surface area contributed by atoms with E-state index in [1.54, 1.807) is 24.4 Å². The third kappa shape index (κ3) is 16.6. The Morgan fingerprint density at radius 3 is 2.22 bits per heavy atom. The van der Waals surface area contributed by atoms with Gasteiger partial charge in [0.1, 0.15) is 18.6 Å². The lowest BCUT2D eigenvalue weighted by atomic mass is 9.81. The smallest absolute Gasteiger partial charge is 0.416 e. The molecule has 536 valence electrons. The molecule has 26 heteroatoms. The molecule has 2 fully saturated rings. The van der Waals surface area contributed by atoms with E-state index in [2.05, 4.69) is 36.8 Å². The number of amides is 3. The van der Waals surface area contributed by atoms with Crippen LogP contribution in [0.3, 0.4) is 0 Å². The van der Waals surface area contributed by atoms with E-state index >= 15 is 0 Å². The Morgan fingerprint density at radius 1 is 0.782 bits per heavy atom. The fourth-order valence-electron chi connectivity index (χ4n) is 14.4. The maximum atomic E-state index is 14.0. The number of benzene rings is 5. The van der Waals surface area contributed by atoms with Gasteiger partial charge in [-0.1, -0.05) is 69.3 Å². The van der Waals surface area contributed by atoms with Crippen molar-refractivity contribution in [1.82, 2.24) is 29.8 Å². The quantitative estimate of drug-likeness (QED) is 0.0137. The van der Waals surface area contributed by atoms with E-state index in [1.807, 2.05) is 129 Å². The summed E-state index contributed by atoms with van der Waals surface area (Å²) in [5.41, 5.74) is 5.87. The maximum absolute atomic E-state index is 14.0. The second kappa shape index (κ2) is 30.4. The van der Waals surface area contributed by atoms with Crippen molar-refractivity contribution in [3.63, 3.8) is 0 Å². The van der Waals surface area contributed by atoms with Crippen LogP contribution in [0.5, 0.6) is 5.75 Å². The number of anilines is 3. The summed E-state index contributed by atoms with van der Waals surface area (Å²) < 4.78 is 126. The highest BCUT2D eigenvalue weighted by molar-refractivity contribution is 7.86. The fraction of sp³-hybridized carbons (Fsp3) is 0.400. The van der Waals surface area contributed by atoms with Crippen LogP contribution in [-0.2, 0) is 51.6 Å². The van der Waals surface area contributed by atoms with Crippen LogP contribution >= 0.6 is 0 Å². The van der Waals surface area contributed by atoms with Gasteiger partial charge in [-0.15, -0.1) is 0 Å². The molecule has 0 unspecified atom stereocenters. The first-order valence-electron chi connectivity index (χ1n) is 34.1. The number of ether oxygens (including phenoxy) is 2. The summed E-state index contributed by atoms with van der Waals surface area (Å²) in [6.45, 7) is 22.2. The molecule has 0 saturated carbocycles. The van der Waals surface area contributed by atoms with Gasteiger partial charge in [0.25, 0.3) is 32.1 Å². The summed E-state index contributed by atoms with van der Waals surface area (Å²) in [5.74, 6) is -0.0615. The van der Waals surface area contributed by atoms with Crippen molar-refractivity contribution in [3.8, 4) is 11.4 Å². The molecule has 0 bridgehead atoms. The predicted octanol–water partition coefficient (Wildman–Crippen LogP) is 11.0. The van der Waals surface area contributed by atoms with Gasteiger partial charge in [-0.3, -0.25) is 33.3 Å². The zero-order valence-corrected chi connectivity index (χ0v) is 59.4. The van der Waals surface area contributed by atoms with Crippen LogP contribution in [0, 0.1) is 0 Å². The molecule has 0 aliphatic carbocycles. The van der Waals surface area contributed by atoms with Crippen LogP contribution in [0.1, 0.15) is 111 Å². The minimum Gasteiger partial charge on any atom is -0.493 e. The number of likely N-dealkylation sites (N-methyl/N-ethyl adjacent to an activating group) is 1. The Morgan fingerprint density at radius 2 is 1.50 bits per heavy atom. The Bertz CT molecular complexity index is 4490.